The lowest BCUT2D eigenvalue weighted by atomic mass is 9.97. The Labute approximate surface area is 106 Å². The van der Waals surface area contributed by atoms with Gasteiger partial charge in [0.25, 0.3) is 0 Å². The van der Waals surface area contributed by atoms with Gasteiger partial charge < -0.3 is 9.52 Å². The largest absolute Gasteiger partial charge is 0.458 e. The van der Waals surface area contributed by atoms with Gasteiger partial charge in [-0.15, -0.1) is 0 Å². The van der Waals surface area contributed by atoms with Gasteiger partial charge in [-0.05, 0) is 36.6 Å². The minimum Gasteiger partial charge on any atom is -0.458 e. The lowest BCUT2D eigenvalue weighted by Crippen LogP contribution is -2.07. The minimum atomic E-state index is -0.541. The van der Waals surface area contributed by atoms with E-state index >= 15 is 0 Å². The van der Waals surface area contributed by atoms with E-state index in [1.165, 1.54) is 0 Å². The van der Waals surface area contributed by atoms with E-state index in [1.807, 2.05) is 25.1 Å². The van der Waals surface area contributed by atoms with Crippen molar-refractivity contribution in [2.24, 2.45) is 5.92 Å². The fourth-order valence-corrected chi connectivity index (χ4v) is 2.25. The normalized spacial score (nSPS) is 15.1. The van der Waals surface area contributed by atoms with Crippen molar-refractivity contribution in [2.45, 2.75) is 32.8 Å². The van der Waals surface area contributed by atoms with Crippen LogP contribution in [0.25, 0.3) is 11.0 Å². The molecule has 0 saturated carbocycles. The second-order valence-electron chi connectivity index (χ2n) is 4.54. The van der Waals surface area contributed by atoms with Crippen LogP contribution in [0.1, 0.15) is 38.6 Å². The van der Waals surface area contributed by atoms with Gasteiger partial charge in [0.15, 0.2) is 0 Å². The molecule has 0 bridgehead atoms. The Kier molecular flexibility index (Phi) is 3.75. The van der Waals surface area contributed by atoms with Crippen molar-refractivity contribution in [1.82, 2.24) is 0 Å². The summed E-state index contributed by atoms with van der Waals surface area (Å²) in [5.74, 6) is 0.833. The second kappa shape index (κ2) is 5.11. The van der Waals surface area contributed by atoms with Crippen molar-refractivity contribution < 1.29 is 9.52 Å². The first-order valence-electron chi connectivity index (χ1n) is 5.99. The van der Waals surface area contributed by atoms with Gasteiger partial charge in [-0.2, -0.15) is 0 Å². The maximum absolute atomic E-state index is 10.2. The Morgan fingerprint density at radius 1 is 1.35 bits per heavy atom. The third kappa shape index (κ3) is 2.64. The molecule has 2 unspecified atom stereocenters. The Morgan fingerprint density at radius 3 is 2.82 bits per heavy atom. The Bertz CT molecular complexity index is 504. The Morgan fingerprint density at radius 2 is 2.12 bits per heavy atom. The molecule has 0 amide bonds. The number of rotatable bonds is 4. The molecule has 0 radical (unpaired) electrons. The van der Waals surface area contributed by atoms with Gasteiger partial charge >= 0.3 is 0 Å². The van der Waals surface area contributed by atoms with Crippen LogP contribution in [0.2, 0.25) is 5.02 Å². The highest BCUT2D eigenvalue weighted by Crippen LogP contribution is 2.31. The highest BCUT2D eigenvalue weighted by Gasteiger charge is 2.19. The fourth-order valence-electron chi connectivity index (χ4n) is 2.07. The van der Waals surface area contributed by atoms with Crippen molar-refractivity contribution in [1.29, 1.82) is 0 Å². The molecule has 1 N–H and O–H groups in total. The molecular formula is C14H17ClO2. The van der Waals surface area contributed by atoms with Crippen LogP contribution < -0.4 is 0 Å². The molecule has 0 spiro atoms. The molecule has 2 nitrogen and oxygen atoms in total. The van der Waals surface area contributed by atoms with E-state index in [-0.39, 0.29) is 5.92 Å². The summed E-state index contributed by atoms with van der Waals surface area (Å²) in [5.41, 5.74) is 0.771. The number of furan rings is 1. The standard InChI is InChI=1S/C14H17ClO2/c1-3-4-9(2)14(16)13-8-10-7-11(15)5-6-12(10)17-13/h5-9,14,16H,3-4H2,1-2H3. The molecular weight excluding hydrogens is 236 g/mol. The van der Waals surface area contributed by atoms with E-state index in [4.69, 9.17) is 16.0 Å². The lowest BCUT2D eigenvalue weighted by molar-refractivity contribution is 0.0913. The predicted octanol–water partition coefficient (Wildman–Crippen LogP) is 4.56. The average Bonchev–Trinajstić information content (AvgIpc) is 2.71. The summed E-state index contributed by atoms with van der Waals surface area (Å²) in [6.07, 6.45) is 1.50. The number of aliphatic hydroxyl groups excluding tert-OH is 1. The summed E-state index contributed by atoms with van der Waals surface area (Å²) in [7, 11) is 0. The van der Waals surface area contributed by atoms with Crippen LogP contribution in [0, 0.1) is 5.92 Å². The third-order valence-electron chi connectivity index (χ3n) is 3.07. The molecule has 0 saturated heterocycles. The maximum atomic E-state index is 10.2. The van der Waals surface area contributed by atoms with E-state index < -0.39 is 6.10 Å². The highest BCUT2D eigenvalue weighted by molar-refractivity contribution is 6.31. The van der Waals surface area contributed by atoms with Crippen molar-refractivity contribution in [3.05, 3.63) is 35.0 Å². The summed E-state index contributed by atoms with van der Waals surface area (Å²) in [4.78, 5) is 0. The molecule has 0 fully saturated rings. The van der Waals surface area contributed by atoms with Crippen molar-refractivity contribution in [3.8, 4) is 0 Å². The van der Waals surface area contributed by atoms with Crippen LogP contribution in [0.5, 0.6) is 0 Å². The molecule has 92 valence electrons. The quantitative estimate of drug-likeness (QED) is 0.866. The van der Waals surface area contributed by atoms with Gasteiger partial charge in [0.05, 0.1) is 0 Å². The monoisotopic (exact) mass is 252 g/mol. The first-order valence-corrected chi connectivity index (χ1v) is 6.36. The zero-order valence-corrected chi connectivity index (χ0v) is 10.9. The zero-order chi connectivity index (χ0) is 12.4. The lowest BCUT2D eigenvalue weighted by Gasteiger charge is -2.15. The number of fused-ring (bicyclic) bond motifs is 1. The van der Waals surface area contributed by atoms with Crippen LogP contribution in [-0.2, 0) is 0 Å². The van der Waals surface area contributed by atoms with Crippen LogP contribution in [0.3, 0.4) is 0 Å². The van der Waals surface area contributed by atoms with E-state index in [9.17, 15) is 5.11 Å². The molecule has 0 aliphatic heterocycles. The summed E-state index contributed by atoms with van der Waals surface area (Å²) < 4.78 is 5.64. The van der Waals surface area contributed by atoms with E-state index in [0.717, 1.165) is 23.8 Å². The molecule has 17 heavy (non-hydrogen) atoms. The summed E-state index contributed by atoms with van der Waals surface area (Å²) in [6.45, 7) is 4.15. The molecule has 0 aliphatic rings. The molecule has 1 heterocycles. The number of hydrogen-bond acceptors (Lipinski definition) is 2. The molecule has 2 rings (SSSR count). The molecule has 3 heteroatoms. The van der Waals surface area contributed by atoms with Crippen LogP contribution in [0.4, 0.5) is 0 Å². The second-order valence-corrected chi connectivity index (χ2v) is 4.98. The summed E-state index contributed by atoms with van der Waals surface area (Å²) in [5, 5.41) is 11.8. The average molecular weight is 253 g/mol. The minimum absolute atomic E-state index is 0.205. The highest BCUT2D eigenvalue weighted by atomic mass is 35.5. The molecule has 1 aromatic heterocycles. The molecule has 2 atom stereocenters. The Hall–Kier alpha value is -0.990. The SMILES string of the molecule is CCCC(C)C(O)c1cc2cc(Cl)ccc2o1. The number of benzene rings is 1. The van der Waals surface area contributed by atoms with Crippen molar-refractivity contribution >= 4 is 22.6 Å². The van der Waals surface area contributed by atoms with Crippen LogP contribution in [-0.4, -0.2) is 5.11 Å². The van der Waals surface area contributed by atoms with Crippen LogP contribution in [0.15, 0.2) is 28.7 Å². The van der Waals surface area contributed by atoms with E-state index in [1.54, 1.807) is 6.07 Å². The van der Waals surface area contributed by atoms with Crippen molar-refractivity contribution in [2.75, 3.05) is 0 Å². The summed E-state index contributed by atoms with van der Waals surface area (Å²) >= 11 is 5.92. The number of hydrogen-bond donors (Lipinski definition) is 1. The maximum Gasteiger partial charge on any atom is 0.134 e. The van der Waals surface area contributed by atoms with Gasteiger partial charge in [0.2, 0.25) is 0 Å². The van der Waals surface area contributed by atoms with Gasteiger partial charge in [-0.1, -0.05) is 31.9 Å². The Balaban J connectivity index is 2.29. The molecule has 1 aromatic carbocycles. The fraction of sp³-hybridized carbons (Fsp3) is 0.429. The number of halogens is 1. The number of aliphatic hydroxyl groups is 1. The summed E-state index contributed by atoms with van der Waals surface area (Å²) in [6, 6.07) is 7.34. The van der Waals surface area contributed by atoms with Gasteiger partial charge in [-0.3, -0.25) is 0 Å². The smallest absolute Gasteiger partial charge is 0.134 e. The van der Waals surface area contributed by atoms with Crippen LogP contribution >= 0.6 is 11.6 Å². The van der Waals surface area contributed by atoms with Gasteiger partial charge in [0.1, 0.15) is 17.4 Å². The van der Waals surface area contributed by atoms with E-state index in [0.29, 0.717) is 10.8 Å². The zero-order valence-electron chi connectivity index (χ0n) is 10.1. The van der Waals surface area contributed by atoms with E-state index in [2.05, 4.69) is 6.92 Å². The first kappa shape index (κ1) is 12.5. The molecule has 0 aliphatic carbocycles. The van der Waals surface area contributed by atoms with Gasteiger partial charge in [0, 0.05) is 10.4 Å². The predicted molar refractivity (Wildman–Crippen MR) is 70.3 cm³/mol. The first-order chi connectivity index (χ1) is 8.11. The van der Waals surface area contributed by atoms with Crippen molar-refractivity contribution in [3.63, 3.8) is 0 Å². The third-order valence-corrected chi connectivity index (χ3v) is 3.31. The molecule has 2 aromatic rings. The topological polar surface area (TPSA) is 33.4 Å². The van der Waals surface area contributed by atoms with Gasteiger partial charge in [-0.25, -0.2) is 0 Å².